The quantitative estimate of drug-likeness (QED) is 0.201. The number of nitrogens with zero attached hydrogens (tertiary/aromatic N) is 6. The van der Waals surface area contributed by atoms with Crippen LogP contribution in [0.3, 0.4) is 0 Å². The lowest BCUT2D eigenvalue weighted by Crippen LogP contribution is -2.45. The van der Waals surface area contributed by atoms with Crippen LogP contribution < -0.4 is 11.0 Å². The molecule has 0 amide bonds. The monoisotopic (exact) mass is 538 g/mol. The Morgan fingerprint density at radius 3 is 1.47 bits per heavy atom. The Labute approximate surface area is 211 Å². The van der Waals surface area contributed by atoms with E-state index >= 15 is 26.3 Å². The summed E-state index contributed by atoms with van der Waals surface area (Å²) in [4.78, 5) is 17.2. The minimum absolute atomic E-state index is 0.235. The Bertz CT molecular complexity index is 2180. The van der Waals surface area contributed by atoms with Crippen LogP contribution in [0.5, 0.6) is 0 Å². The van der Waals surface area contributed by atoms with Gasteiger partial charge in [-0.05, 0) is 36.4 Å². The van der Waals surface area contributed by atoms with Crippen molar-refractivity contribution in [2.75, 3.05) is 0 Å². The fourth-order valence-electron chi connectivity index (χ4n) is 5.28. The Hall–Kier alpha value is -4.39. The first-order valence-corrected chi connectivity index (χ1v) is 11.5. The molecule has 2 aromatic heterocycles. The average molecular weight is 539 g/mol. The fourth-order valence-corrected chi connectivity index (χ4v) is 5.65. The van der Waals surface area contributed by atoms with Gasteiger partial charge in [0, 0.05) is 0 Å². The Morgan fingerprint density at radius 1 is 0.500 bits per heavy atom. The predicted octanol–water partition coefficient (Wildman–Crippen LogP) is 4.79. The first kappa shape index (κ1) is 21.7. The molecule has 3 aliphatic rings. The van der Waals surface area contributed by atoms with Crippen LogP contribution in [0, 0.1) is 34.9 Å². The number of halogens is 7. The molecule has 3 aromatic carbocycles. The van der Waals surface area contributed by atoms with E-state index < -0.39 is 53.0 Å². The van der Waals surface area contributed by atoms with Gasteiger partial charge in [0.15, 0.2) is 11.7 Å². The van der Waals surface area contributed by atoms with E-state index in [0.29, 0.717) is 0 Å². The highest BCUT2D eigenvalue weighted by atomic mass is 35.5. The number of aliphatic imine (C=N–C) groups is 2. The van der Waals surface area contributed by atoms with E-state index in [-0.39, 0.29) is 55.3 Å². The minimum Gasteiger partial charge on any atom is -0.319 e. The lowest BCUT2D eigenvalue weighted by Gasteiger charge is -2.18. The highest BCUT2D eigenvalue weighted by Crippen LogP contribution is 2.44. The molecule has 0 unspecified atom stereocenters. The molecule has 14 heteroatoms. The predicted molar refractivity (Wildman–Crippen MR) is 127 cm³/mol. The summed E-state index contributed by atoms with van der Waals surface area (Å²) >= 11 is 6.83. The zero-order valence-electron chi connectivity index (χ0n) is 18.4. The van der Waals surface area contributed by atoms with E-state index in [0.717, 1.165) is 45.4 Å². The molecule has 5 aromatic rings. The highest BCUT2D eigenvalue weighted by molar-refractivity contribution is 7.05. The second kappa shape index (κ2) is 6.92. The van der Waals surface area contributed by atoms with Crippen LogP contribution in [0.1, 0.15) is 11.1 Å². The van der Waals surface area contributed by atoms with Gasteiger partial charge in [0.05, 0.1) is 32.7 Å². The van der Waals surface area contributed by atoms with Crippen molar-refractivity contribution in [3.8, 4) is 0 Å². The Balaban J connectivity index is 1.73. The first-order chi connectivity index (χ1) is 18.3. The Morgan fingerprint density at radius 2 is 0.921 bits per heavy atom. The molecule has 0 saturated carbocycles. The smallest absolute Gasteiger partial charge is 0.319 e. The van der Waals surface area contributed by atoms with Crippen molar-refractivity contribution in [2.24, 2.45) is 20.0 Å². The molecular weight excluding hydrogens is 533 g/mol. The summed E-state index contributed by atoms with van der Waals surface area (Å²) < 4.78 is 93.2. The van der Waals surface area contributed by atoms with E-state index in [9.17, 15) is 0 Å². The highest BCUT2D eigenvalue weighted by Gasteiger charge is 2.39. The normalized spacial score (nSPS) is 14.9. The molecule has 8 rings (SSSR count). The third-order valence-electron chi connectivity index (χ3n) is 6.84. The van der Waals surface area contributed by atoms with Crippen LogP contribution in [0.25, 0.3) is 21.5 Å². The average Bonchev–Trinajstić information content (AvgIpc) is 3.52. The van der Waals surface area contributed by atoms with Crippen molar-refractivity contribution in [3.63, 3.8) is 0 Å². The van der Waals surface area contributed by atoms with Crippen molar-refractivity contribution in [1.29, 1.82) is 0 Å². The molecule has 0 aliphatic carbocycles. The van der Waals surface area contributed by atoms with E-state index in [4.69, 9.17) is 11.5 Å². The standard InChI is InChI=1S/C24H6BClF6N6/c26-25-37-21-15-9(29)3-5-11(31)17(15)23(37)36-24-18-12(32)6-4-10(30)16(18)22(38(24)25)35-20-14-8(28)2-1-7(27)13(14)19(33-20)34-21/h1-6H. The third kappa shape index (κ3) is 2.42. The van der Waals surface area contributed by atoms with Crippen LogP contribution in [-0.4, -0.2) is 27.0 Å². The number of hydrogen-bond acceptors (Lipinski definition) is 4. The largest absolute Gasteiger partial charge is 0.499 e. The molecule has 6 nitrogen and oxygen atoms in total. The van der Waals surface area contributed by atoms with Crippen LogP contribution in [0.4, 0.5) is 38.0 Å². The van der Waals surface area contributed by atoms with E-state index in [2.05, 4.69) is 20.0 Å². The summed E-state index contributed by atoms with van der Waals surface area (Å²) in [5.41, 5.74) is -1.31. The van der Waals surface area contributed by atoms with Gasteiger partial charge < -0.3 is 8.96 Å². The van der Waals surface area contributed by atoms with Crippen molar-refractivity contribution >= 4 is 62.7 Å². The molecule has 4 bridgehead atoms. The van der Waals surface area contributed by atoms with Gasteiger partial charge >= 0.3 is 6.40 Å². The van der Waals surface area contributed by atoms with E-state index in [1.54, 1.807) is 0 Å². The van der Waals surface area contributed by atoms with Crippen LogP contribution in [0.15, 0.2) is 56.4 Å². The van der Waals surface area contributed by atoms with Crippen molar-refractivity contribution in [2.45, 2.75) is 0 Å². The van der Waals surface area contributed by atoms with Gasteiger partial charge in [-0.15, -0.1) is 11.5 Å². The van der Waals surface area contributed by atoms with Gasteiger partial charge in [0.25, 0.3) is 0 Å². The van der Waals surface area contributed by atoms with Crippen LogP contribution in [0.2, 0.25) is 0 Å². The Kier molecular flexibility index (Phi) is 3.95. The molecular formula is C24H6BClF6N6. The number of benzene rings is 3. The fraction of sp³-hybridized carbons (Fsp3) is 0. The molecule has 0 saturated heterocycles. The van der Waals surface area contributed by atoms with Gasteiger partial charge in [-0.2, -0.15) is 0 Å². The zero-order valence-corrected chi connectivity index (χ0v) is 19.1. The van der Waals surface area contributed by atoms with Gasteiger partial charge in [0.2, 0.25) is 0 Å². The lowest BCUT2D eigenvalue weighted by molar-refractivity contribution is 0.596. The number of hydrogen-bond donors (Lipinski definition) is 0. The molecule has 184 valence electrons. The van der Waals surface area contributed by atoms with Crippen LogP contribution >= 0.6 is 11.5 Å². The summed E-state index contributed by atoms with van der Waals surface area (Å²) in [6.07, 6.45) is -1.44. The molecule has 0 spiro atoms. The molecule has 0 radical (unpaired) electrons. The number of rotatable bonds is 0. The maximum absolute atomic E-state index is 15.2. The molecule has 5 heterocycles. The van der Waals surface area contributed by atoms with Crippen molar-refractivity contribution < 1.29 is 26.3 Å². The maximum atomic E-state index is 15.2. The molecule has 3 aliphatic heterocycles. The first-order valence-electron chi connectivity index (χ1n) is 11.0. The summed E-state index contributed by atoms with van der Waals surface area (Å²) in [6.45, 7) is 0. The van der Waals surface area contributed by atoms with Crippen LogP contribution in [-0.2, 0) is 0 Å². The van der Waals surface area contributed by atoms with Gasteiger partial charge in [0.1, 0.15) is 57.5 Å². The number of amidine groups is 2. The zero-order chi connectivity index (χ0) is 26.2. The summed E-state index contributed by atoms with van der Waals surface area (Å²) in [5, 5.41) is -1.39. The van der Waals surface area contributed by atoms with E-state index in [1.807, 2.05) is 0 Å². The summed E-state index contributed by atoms with van der Waals surface area (Å²) in [7, 11) is 0. The lowest BCUT2D eigenvalue weighted by atomic mass is 10.1. The molecule has 0 N–H and O–H groups in total. The molecule has 38 heavy (non-hydrogen) atoms. The van der Waals surface area contributed by atoms with Crippen molar-refractivity contribution in [3.05, 3.63) is 93.4 Å². The third-order valence-corrected chi connectivity index (χ3v) is 7.23. The number of fused-ring (bicyclic) bond motifs is 10. The maximum Gasteiger partial charge on any atom is 0.499 e. The van der Waals surface area contributed by atoms with Gasteiger partial charge in [-0.25, -0.2) is 46.3 Å². The second-order valence-corrected chi connectivity index (χ2v) is 9.17. The second-order valence-electron chi connectivity index (χ2n) is 8.78. The molecule has 0 fully saturated rings. The molecule has 0 atom stereocenters. The van der Waals surface area contributed by atoms with Crippen molar-refractivity contribution in [1.82, 2.24) is 8.96 Å². The topological polar surface area (TPSA) is 59.3 Å². The summed E-state index contributed by atoms with van der Waals surface area (Å²) in [5.74, 6) is -6.76. The minimum atomic E-state index is -1.44. The summed E-state index contributed by atoms with van der Waals surface area (Å²) in [6, 6.07) is 5.18. The van der Waals surface area contributed by atoms with E-state index in [1.165, 1.54) is 0 Å². The van der Waals surface area contributed by atoms with Gasteiger partial charge in [-0.3, -0.25) is 0 Å². The van der Waals surface area contributed by atoms with Gasteiger partial charge in [-0.1, -0.05) is 0 Å². The number of aromatic nitrogens is 2. The SMILES string of the molecule is Fc1ccc(F)c2c1C1=NC2=Nc2c3c(F)ccc(F)c3c3n2B(Cl)n2c(c4c(F)ccc(F)c4c2=N3)=N1.